The lowest BCUT2D eigenvalue weighted by molar-refractivity contribution is -0.141. The van der Waals surface area contributed by atoms with Gasteiger partial charge in [-0.2, -0.15) is 0 Å². The van der Waals surface area contributed by atoms with Crippen molar-refractivity contribution in [1.82, 2.24) is 10.6 Å². The van der Waals surface area contributed by atoms with Gasteiger partial charge < -0.3 is 10.6 Å². The maximum atomic E-state index is 12.3. The summed E-state index contributed by atoms with van der Waals surface area (Å²) >= 11 is 0. The Kier molecular flexibility index (Phi) is 5.58. The predicted octanol–water partition coefficient (Wildman–Crippen LogP) is 2.43. The van der Waals surface area contributed by atoms with E-state index < -0.39 is 5.41 Å². The number of carbonyl (C=O) groups is 2. The molecule has 4 heteroatoms. The Hall–Kier alpha value is -1.84. The summed E-state index contributed by atoms with van der Waals surface area (Å²) in [6.45, 7) is 3.92. The van der Waals surface area contributed by atoms with E-state index in [2.05, 4.69) is 10.6 Å². The minimum absolute atomic E-state index is 0.170. The molecule has 0 atom stereocenters. The lowest BCUT2D eigenvalue weighted by Crippen LogP contribution is -2.50. The van der Waals surface area contributed by atoms with Gasteiger partial charge in [-0.25, -0.2) is 0 Å². The number of carbonyl (C=O) groups excluding carboxylic acids is 2. The van der Waals surface area contributed by atoms with E-state index in [0.29, 0.717) is 6.54 Å². The van der Waals surface area contributed by atoms with Crippen LogP contribution in [0.3, 0.4) is 0 Å². The lowest BCUT2D eigenvalue weighted by Gasteiger charge is -2.25. The monoisotopic (exact) mass is 302 g/mol. The van der Waals surface area contributed by atoms with Gasteiger partial charge in [0.15, 0.2) is 0 Å². The minimum atomic E-state index is -1.03. The van der Waals surface area contributed by atoms with Crippen LogP contribution in [0.5, 0.6) is 0 Å². The zero-order valence-electron chi connectivity index (χ0n) is 13.5. The second kappa shape index (κ2) is 7.43. The summed E-state index contributed by atoms with van der Waals surface area (Å²) in [6.07, 6.45) is 5.14. The fourth-order valence-electron chi connectivity index (χ4n) is 2.73. The highest BCUT2D eigenvalue weighted by Crippen LogP contribution is 2.21. The Balaban J connectivity index is 1.80. The Morgan fingerprint density at radius 1 is 1.09 bits per heavy atom. The standard InChI is InChI=1S/C18H26N2O2/c1-18(2,17(22)20-15-10-6-7-11-15)16(21)19-13-12-14-8-4-3-5-9-14/h3-5,8-9,15H,6-7,10-13H2,1-2H3,(H,19,21)(H,20,22). The van der Waals surface area contributed by atoms with Gasteiger partial charge in [0.1, 0.15) is 5.41 Å². The lowest BCUT2D eigenvalue weighted by atomic mass is 9.90. The highest BCUT2D eigenvalue weighted by Gasteiger charge is 2.37. The molecule has 1 aliphatic rings. The molecule has 4 nitrogen and oxygen atoms in total. The van der Waals surface area contributed by atoms with Gasteiger partial charge in [-0.15, -0.1) is 0 Å². The first-order valence-electron chi connectivity index (χ1n) is 8.13. The van der Waals surface area contributed by atoms with Crippen LogP contribution in [0.1, 0.15) is 45.1 Å². The largest absolute Gasteiger partial charge is 0.355 e. The third-order valence-corrected chi connectivity index (χ3v) is 4.37. The topological polar surface area (TPSA) is 58.2 Å². The molecule has 120 valence electrons. The molecule has 2 amide bonds. The highest BCUT2D eigenvalue weighted by molar-refractivity contribution is 6.04. The van der Waals surface area contributed by atoms with E-state index in [0.717, 1.165) is 32.1 Å². The SMILES string of the molecule is CC(C)(C(=O)NCCc1ccccc1)C(=O)NC1CCCC1. The first-order chi connectivity index (χ1) is 10.5. The fourth-order valence-corrected chi connectivity index (χ4v) is 2.73. The normalized spacial score (nSPS) is 15.5. The number of benzene rings is 1. The first kappa shape index (κ1) is 16.5. The molecule has 22 heavy (non-hydrogen) atoms. The van der Waals surface area contributed by atoms with Crippen molar-refractivity contribution in [3.8, 4) is 0 Å². The van der Waals surface area contributed by atoms with E-state index >= 15 is 0 Å². The molecule has 0 unspecified atom stereocenters. The van der Waals surface area contributed by atoms with Crippen molar-refractivity contribution < 1.29 is 9.59 Å². The van der Waals surface area contributed by atoms with Crippen molar-refractivity contribution in [3.05, 3.63) is 35.9 Å². The Morgan fingerprint density at radius 3 is 2.36 bits per heavy atom. The maximum absolute atomic E-state index is 12.3. The van der Waals surface area contributed by atoms with Gasteiger partial charge in [0.2, 0.25) is 11.8 Å². The molecule has 2 rings (SSSR count). The van der Waals surface area contributed by atoms with Crippen LogP contribution in [0.2, 0.25) is 0 Å². The second-order valence-corrected chi connectivity index (χ2v) is 6.57. The van der Waals surface area contributed by atoms with E-state index in [1.54, 1.807) is 13.8 Å². The molecule has 1 aliphatic carbocycles. The molecule has 0 aromatic heterocycles. The second-order valence-electron chi connectivity index (χ2n) is 6.57. The molecular weight excluding hydrogens is 276 g/mol. The summed E-state index contributed by atoms with van der Waals surface area (Å²) in [4.78, 5) is 24.6. The zero-order chi connectivity index (χ0) is 16.0. The molecule has 0 bridgehead atoms. The van der Waals surface area contributed by atoms with Crippen LogP contribution in [0.25, 0.3) is 0 Å². The average molecular weight is 302 g/mol. The van der Waals surface area contributed by atoms with Gasteiger partial charge in [0.05, 0.1) is 0 Å². The zero-order valence-corrected chi connectivity index (χ0v) is 13.5. The summed E-state index contributed by atoms with van der Waals surface area (Å²) in [7, 11) is 0. The minimum Gasteiger partial charge on any atom is -0.355 e. The summed E-state index contributed by atoms with van der Waals surface area (Å²) < 4.78 is 0. The van der Waals surface area contributed by atoms with E-state index in [-0.39, 0.29) is 17.9 Å². The smallest absolute Gasteiger partial charge is 0.235 e. The van der Waals surface area contributed by atoms with Crippen LogP contribution in [0.15, 0.2) is 30.3 Å². The van der Waals surface area contributed by atoms with Crippen LogP contribution < -0.4 is 10.6 Å². The average Bonchev–Trinajstić information content (AvgIpc) is 3.01. The molecule has 0 heterocycles. The highest BCUT2D eigenvalue weighted by atomic mass is 16.2. The van der Waals surface area contributed by atoms with Crippen LogP contribution >= 0.6 is 0 Å². The third-order valence-electron chi connectivity index (χ3n) is 4.37. The molecule has 1 aromatic carbocycles. The van der Waals surface area contributed by atoms with Crippen molar-refractivity contribution in [3.63, 3.8) is 0 Å². The fraction of sp³-hybridized carbons (Fsp3) is 0.556. The van der Waals surface area contributed by atoms with E-state index in [1.807, 2.05) is 30.3 Å². The van der Waals surface area contributed by atoms with Crippen LogP contribution in [-0.2, 0) is 16.0 Å². The van der Waals surface area contributed by atoms with Gasteiger partial charge in [0.25, 0.3) is 0 Å². The Bertz CT molecular complexity index is 505. The summed E-state index contributed by atoms with van der Waals surface area (Å²) in [5.41, 5.74) is 0.148. The molecule has 0 radical (unpaired) electrons. The van der Waals surface area contributed by atoms with Gasteiger partial charge in [0, 0.05) is 12.6 Å². The van der Waals surface area contributed by atoms with Crippen molar-refractivity contribution in [2.24, 2.45) is 5.41 Å². The van der Waals surface area contributed by atoms with Gasteiger partial charge in [-0.05, 0) is 38.7 Å². The van der Waals surface area contributed by atoms with Crippen LogP contribution in [0.4, 0.5) is 0 Å². The molecular formula is C18H26N2O2. The number of rotatable bonds is 6. The quantitative estimate of drug-likeness (QED) is 0.793. The number of amides is 2. The van der Waals surface area contributed by atoms with Crippen LogP contribution in [-0.4, -0.2) is 24.4 Å². The molecule has 2 N–H and O–H groups in total. The van der Waals surface area contributed by atoms with E-state index in [9.17, 15) is 9.59 Å². The number of nitrogens with one attached hydrogen (secondary N) is 2. The molecule has 1 aromatic rings. The predicted molar refractivity (Wildman–Crippen MR) is 87.3 cm³/mol. The molecule has 0 aliphatic heterocycles. The summed E-state index contributed by atoms with van der Waals surface area (Å²) in [5, 5.41) is 5.89. The maximum Gasteiger partial charge on any atom is 0.235 e. The van der Waals surface area contributed by atoms with Gasteiger partial charge in [-0.3, -0.25) is 9.59 Å². The van der Waals surface area contributed by atoms with Crippen molar-refractivity contribution >= 4 is 11.8 Å². The van der Waals surface area contributed by atoms with Crippen LogP contribution in [0, 0.1) is 5.41 Å². The molecule has 1 saturated carbocycles. The Labute approximate surface area is 132 Å². The number of hydrogen-bond acceptors (Lipinski definition) is 2. The van der Waals surface area contributed by atoms with Crippen molar-refractivity contribution in [2.75, 3.05) is 6.54 Å². The van der Waals surface area contributed by atoms with Crippen molar-refractivity contribution in [1.29, 1.82) is 0 Å². The Morgan fingerprint density at radius 2 is 1.73 bits per heavy atom. The van der Waals surface area contributed by atoms with Crippen molar-refractivity contribution in [2.45, 2.75) is 52.0 Å². The summed E-state index contributed by atoms with van der Waals surface area (Å²) in [6, 6.07) is 10.2. The molecule has 0 spiro atoms. The first-order valence-corrected chi connectivity index (χ1v) is 8.13. The van der Waals surface area contributed by atoms with Gasteiger partial charge >= 0.3 is 0 Å². The molecule has 0 saturated heterocycles. The van der Waals surface area contributed by atoms with E-state index in [1.165, 1.54) is 5.56 Å². The van der Waals surface area contributed by atoms with E-state index in [4.69, 9.17) is 0 Å². The number of hydrogen-bond donors (Lipinski definition) is 2. The molecule has 1 fully saturated rings. The third kappa shape index (κ3) is 4.33. The summed E-state index contributed by atoms with van der Waals surface area (Å²) in [5.74, 6) is -0.379. The van der Waals surface area contributed by atoms with Gasteiger partial charge in [-0.1, -0.05) is 43.2 Å².